The zero-order chi connectivity index (χ0) is 22.8. The third-order valence-electron chi connectivity index (χ3n) is 6.90. The molecule has 1 saturated carbocycles. The maximum absolute atomic E-state index is 4.72. The van der Waals surface area contributed by atoms with Crippen molar-refractivity contribution in [3.63, 3.8) is 0 Å². The Labute approximate surface area is 197 Å². The second kappa shape index (κ2) is 8.97. The molecule has 1 heterocycles. The molecule has 0 aliphatic heterocycles. The van der Waals surface area contributed by atoms with Gasteiger partial charge < -0.3 is 4.57 Å². The van der Waals surface area contributed by atoms with Gasteiger partial charge in [0, 0.05) is 17.2 Å². The number of aromatic nitrogens is 3. The highest BCUT2D eigenvalue weighted by Crippen LogP contribution is 2.37. The van der Waals surface area contributed by atoms with Crippen molar-refractivity contribution in [3.05, 3.63) is 84.4 Å². The molecule has 3 nitrogen and oxygen atoms in total. The highest BCUT2D eigenvalue weighted by atomic mass is 15.3. The molecule has 1 fully saturated rings. The van der Waals surface area contributed by atoms with E-state index in [0.717, 1.165) is 22.8 Å². The average molecular weight is 436 g/mol. The summed E-state index contributed by atoms with van der Waals surface area (Å²) in [6.07, 6.45) is 6.27. The molecular weight excluding hydrogens is 402 g/mol. The average Bonchev–Trinajstić information content (AvgIpc) is 3.30. The third kappa shape index (κ3) is 4.50. The Morgan fingerprint density at radius 2 is 1.09 bits per heavy atom. The Hall–Kier alpha value is -3.20. The summed E-state index contributed by atoms with van der Waals surface area (Å²) in [5.74, 6) is 1.97. The van der Waals surface area contributed by atoms with Crippen LogP contribution in [0.4, 0.5) is 0 Å². The van der Waals surface area contributed by atoms with Gasteiger partial charge in [0.15, 0.2) is 11.6 Å². The second-order valence-electron chi connectivity index (χ2n) is 10.3. The maximum Gasteiger partial charge on any atom is 0.164 e. The van der Waals surface area contributed by atoms with E-state index < -0.39 is 0 Å². The molecule has 3 heteroatoms. The predicted octanol–water partition coefficient (Wildman–Crippen LogP) is 8.08. The quantitative estimate of drug-likeness (QED) is 0.324. The lowest BCUT2D eigenvalue weighted by atomic mass is 9.86. The van der Waals surface area contributed by atoms with Gasteiger partial charge in [-0.3, -0.25) is 0 Å². The van der Waals surface area contributed by atoms with Gasteiger partial charge in [0.1, 0.15) is 0 Å². The molecule has 1 aliphatic carbocycles. The van der Waals surface area contributed by atoms with Gasteiger partial charge in [-0.1, -0.05) is 119 Å². The molecule has 0 saturated heterocycles. The zero-order valence-corrected chi connectivity index (χ0v) is 20.0. The molecule has 0 spiro atoms. The van der Waals surface area contributed by atoms with E-state index in [0.29, 0.717) is 6.04 Å². The summed E-state index contributed by atoms with van der Waals surface area (Å²) >= 11 is 0. The van der Waals surface area contributed by atoms with Gasteiger partial charge >= 0.3 is 0 Å². The number of benzene rings is 3. The highest BCUT2D eigenvalue weighted by molar-refractivity contribution is 5.69. The van der Waals surface area contributed by atoms with Crippen LogP contribution in [0.3, 0.4) is 0 Å². The largest absolute Gasteiger partial charge is 0.304 e. The molecule has 0 atom stereocenters. The summed E-state index contributed by atoms with van der Waals surface area (Å²) in [6.45, 7) is 6.76. The molecule has 1 aliphatic rings. The van der Waals surface area contributed by atoms with Gasteiger partial charge in [0.2, 0.25) is 0 Å². The fourth-order valence-electron chi connectivity index (χ4n) is 4.93. The number of nitrogens with zero attached hydrogens (tertiary/aromatic N) is 3. The molecule has 0 bridgehead atoms. The summed E-state index contributed by atoms with van der Waals surface area (Å²) in [4.78, 5) is 0. The monoisotopic (exact) mass is 435 g/mol. The van der Waals surface area contributed by atoms with Crippen molar-refractivity contribution in [2.45, 2.75) is 64.3 Å². The van der Waals surface area contributed by atoms with Crippen molar-refractivity contribution < 1.29 is 0 Å². The second-order valence-corrected chi connectivity index (χ2v) is 10.3. The normalized spacial score (nSPS) is 15.0. The summed E-state index contributed by atoms with van der Waals surface area (Å²) in [6, 6.07) is 28.7. The number of rotatable bonds is 4. The van der Waals surface area contributed by atoms with E-state index in [2.05, 4.69) is 104 Å². The standard InChI is InChI=1S/C30H33N3/c1-30(2,3)26-20-18-25(19-21-26)29-32-31-28(33(29)27-12-8-5-9-13-27)24-16-14-23(15-17-24)22-10-6-4-7-11-22/h4,6-7,10-11,14-21,27H,5,8-9,12-13H2,1-3H3. The lowest BCUT2D eigenvalue weighted by Gasteiger charge is -2.26. The van der Waals surface area contributed by atoms with Crippen LogP contribution < -0.4 is 0 Å². The van der Waals surface area contributed by atoms with Crippen molar-refractivity contribution in [1.82, 2.24) is 14.8 Å². The molecule has 0 N–H and O–H groups in total. The van der Waals surface area contributed by atoms with E-state index in [-0.39, 0.29) is 5.41 Å². The van der Waals surface area contributed by atoms with Gasteiger partial charge in [-0.15, -0.1) is 10.2 Å². The minimum Gasteiger partial charge on any atom is -0.304 e. The Morgan fingerprint density at radius 3 is 1.64 bits per heavy atom. The van der Waals surface area contributed by atoms with Crippen molar-refractivity contribution in [2.75, 3.05) is 0 Å². The smallest absolute Gasteiger partial charge is 0.164 e. The first kappa shape index (κ1) is 21.6. The van der Waals surface area contributed by atoms with Gasteiger partial charge in [-0.25, -0.2) is 0 Å². The summed E-state index contributed by atoms with van der Waals surface area (Å²) < 4.78 is 2.42. The molecule has 33 heavy (non-hydrogen) atoms. The van der Waals surface area contributed by atoms with Crippen molar-refractivity contribution in [3.8, 4) is 33.9 Å². The molecule has 0 unspecified atom stereocenters. The van der Waals surface area contributed by atoms with Gasteiger partial charge in [-0.2, -0.15) is 0 Å². The number of hydrogen-bond acceptors (Lipinski definition) is 2. The van der Waals surface area contributed by atoms with E-state index >= 15 is 0 Å². The summed E-state index contributed by atoms with van der Waals surface area (Å²) in [5.41, 5.74) is 6.21. The minimum absolute atomic E-state index is 0.140. The molecule has 5 rings (SSSR count). The summed E-state index contributed by atoms with van der Waals surface area (Å²) in [7, 11) is 0. The topological polar surface area (TPSA) is 30.7 Å². The highest BCUT2D eigenvalue weighted by Gasteiger charge is 2.24. The van der Waals surface area contributed by atoms with Crippen LogP contribution in [0.2, 0.25) is 0 Å². The fourth-order valence-corrected chi connectivity index (χ4v) is 4.93. The minimum atomic E-state index is 0.140. The Bertz CT molecular complexity index is 1190. The SMILES string of the molecule is CC(C)(C)c1ccc(-c2nnc(-c3ccc(-c4ccccc4)cc3)n2C2CCCCC2)cc1. The summed E-state index contributed by atoms with van der Waals surface area (Å²) in [5, 5.41) is 9.45. The van der Waals surface area contributed by atoms with Gasteiger partial charge in [0.25, 0.3) is 0 Å². The van der Waals surface area contributed by atoms with Gasteiger partial charge in [-0.05, 0) is 34.9 Å². The maximum atomic E-state index is 4.72. The zero-order valence-electron chi connectivity index (χ0n) is 20.0. The van der Waals surface area contributed by atoms with Gasteiger partial charge in [0.05, 0.1) is 0 Å². The lowest BCUT2D eigenvalue weighted by molar-refractivity contribution is 0.357. The lowest BCUT2D eigenvalue weighted by Crippen LogP contribution is -2.15. The third-order valence-corrected chi connectivity index (χ3v) is 6.90. The van der Waals surface area contributed by atoms with Crippen molar-refractivity contribution in [2.24, 2.45) is 0 Å². The van der Waals surface area contributed by atoms with Crippen LogP contribution in [0, 0.1) is 0 Å². The Kier molecular flexibility index (Phi) is 5.88. The molecule has 3 aromatic carbocycles. The van der Waals surface area contributed by atoms with E-state index in [1.54, 1.807) is 0 Å². The van der Waals surface area contributed by atoms with Crippen LogP contribution in [0.5, 0.6) is 0 Å². The van der Waals surface area contributed by atoms with E-state index in [9.17, 15) is 0 Å². The van der Waals surface area contributed by atoms with Crippen LogP contribution in [0.1, 0.15) is 64.5 Å². The van der Waals surface area contributed by atoms with Crippen LogP contribution in [-0.4, -0.2) is 14.8 Å². The van der Waals surface area contributed by atoms with E-state index in [1.807, 2.05) is 0 Å². The van der Waals surface area contributed by atoms with Crippen LogP contribution >= 0.6 is 0 Å². The van der Waals surface area contributed by atoms with E-state index in [4.69, 9.17) is 10.2 Å². The van der Waals surface area contributed by atoms with Crippen LogP contribution in [0.15, 0.2) is 78.9 Å². The van der Waals surface area contributed by atoms with Crippen LogP contribution in [0.25, 0.3) is 33.9 Å². The first-order valence-electron chi connectivity index (χ1n) is 12.2. The molecule has 168 valence electrons. The van der Waals surface area contributed by atoms with E-state index in [1.165, 1.54) is 48.8 Å². The number of hydrogen-bond donors (Lipinski definition) is 0. The first-order chi connectivity index (χ1) is 16.0. The molecule has 4 aromatic rings. The molecule has 1 aromatic heterocycles. The molecule has 0 radical (unpaired) electrons. The molecule has 0 amide bonds. The fraction of sp³-hybridized carbons (Fsp3) is 0.333. The Morgan fingerprint density at radius 1 is 0.606 bits per heavy atom. The van der Waals surface area contributed by atoms with Crippen LogP contribution in [-0.2, 0) is 5.41 Å². The van der Waals surface area contributed by atoms with Crippen molar-refractivity contribution in [1.29, 1.82) is 0 Å². The molecular formula is C30H33N3. The van der Waals surface area contributed by atoms with Crippen molar-refractivity contribution >= 4 is 0 Å². The first-order valence-corrected chi connectivity index (χ1v) is 12.2. The predicted molar refractivity (Wildman–Crippen MR) is 137 cm³/mol. The Balaban J connectivity index is 1.55.